The average Bonchev–Trinajstić information content (AvgIpc) is 2.88. The van der Waals surface area contributed by atoms with Crippen molar-refractivity contribution in [1.29, 1.82) is 0 Å². The van der Waals surface area contributed by atoms with Gasteiger partial charge in [-0.25, -0.2) is 18.3 Å². The van der Waals surface area contributed by atoms with E-state index >= 15 is 0 Å². The zero-order chi connectivity index (χ0) is 24.8. The summed E-state index contributed by atoms with van der Waals surface area (Å²) in [6, 6.07) is 17.4. The van der Waals surface area contributed by atoms with Gasteiger partial charge in [-0.2, -0.15) is 0 Å². The Morgan fingerprint density at radius 1 is 1.06 bits per heavy atom. The molecule has 1 atom stereocenters. The van der Waals surface area contributed by atoms with Crippen molar-refractivity contribution in [3.63, 3.8) is 0 Å². The third kappa shape index (κ3) is 5.30. The number of nitrogens with zero attached hydrogens (tertiary/aromatic N) is 3. The summed E-state index contributed by atoms with van der Waals surface area (Å²) in [5.41, 5.74) is 2.62. The zero-order valence-electron chi connectivity index (χ0n) is 19.0. The van der Waals surface area contributed by atoms with Gasteiger partial charge in [-0.15, -0.1) is 0 Å². The van der Waals surface area contributed by atoms with E-state index in [1.54, 1.807) is 48.7 Å². The Bertz CT molecular complexity index is 1460. The van der Waals surface area contributed by atoms with E-state index in [0.29, 0.717) is 40.4 Å². The normalized spacial score (nSPS) is 11.3. The van der Waals surface area contributed by atoms with Crippen LogP contribution in [0.15, 0.2) is 73.1 Å². The highest BCUT2D eigenvalue weighted by atomic mass is 32.2. The molecular weight excluding hydrogens is 466 g/mol. The molecule has 0 radical (unpaired) electrons. The number of hydrogen-bond donors (Lipinski definition) is 1. The van der Waals surface area contributed by atoms with Crippen LogP contribution in [0.3, 0.4) is 0 Å². The van der Waals surface area contributed by atoms with Crippen LogP contribution in [0.4, 0.5) is 11.4 Å². The number of hydrogen-bond acceptors (Lipinski definition) is 6. The van der Waals surface area contributed by atoms with E-state index in [-0.39, 0.29) is 5.69 Å². The first-order chi connectivity index (χ1) is 17.0. The van der Waals surface area contributed by atoms with Gasteiger partial charge in [0.2, 0.25) is 0 Å². The molecule has 9 heteroatoms. The number of para-hydroxylation sites is 1. The molecule has 0 aliphatic rings. The molecule has 0 saturated carbocycles. The van der Waals surface area contributed by atoms with Crippen LogP contribution in [0.5, 0.6) is 5.75 Å². The van der Waals surface area contributed by atoms with Crippen molar-refractivity contribution in [3.05, 3.63) is 89.9 Å². The minimum atomic E-state index is -2.42. The molecule has 8 nitrogen and oxygen atoms in total. The monoisotopic (exact) mass is 487 g/mol. The second-order valence-electron chi connectivity index (χ2n) is 7.16. The van der Waals surface area contributed by atoms with Crippen molar-refractivity contribution in [3.8, 4) is 17.6 Å². The summed E-state index contributed by atoms with van der Waals surface area (Å²) in [5.74, 6) is 6.07. The lowest BCUT2D eigenvalue weighted by Gasteiger charge is -2.23. The number of carbonyl (C=O) groups excluding carboxylic acids is 1. The number of carbonyl (C=O) groups is 1. The second-order valence-corrected chi connectivity index (χ2v) is 7.99. The summed E-state index contributed by atoms with van der Waals surface area (Å²) >= 11 is -2.42. The summed E-state index contributed by atoms with van der Waals surface area (Å²) in [5, 5.41) is 0.829. The quantitative estimate of drug-likeness (QED) is 0.243. The number of benzene rings is 2. The molecule has 0 aliphatic carbocycles. The van der Waals surface area contributed by atoms with Gasteiger partial charge in [0.25, 0.3) is 11.3 Å². The Morgan fingerprint density at radius 3 is 2.60 bits per heavy atom. The summed E-state index contributed by atoms with van der Waals surface area (Å²) in [6.07, 6.45) is 3.09. The standard InChI is InChI=1S/C26H21N3O5S/c1-3-34-21-12-14-23(20(16-21)11-9-18-10-13-22(28-17-18)26(30)33-2)29(35(31)32)24-8-4-6-19-7-5-15-27-25(19)24/h4-8,10,12-17H,3H2,1-2H3,(H,31,32). The molecular formula is C26H21N3O5S. The molecule has 0 spiro atoms. The zero-order valence-corrected chi connectivity index (χ0v) is 19.8. The van der Waals surface area contributed by atoms with Crippen LogP contribution in [0.1, 0.15) is 28.5 Å². The highest BCUT2D eigenvalue weighted by Gasteiger charge is 2.21. The average molecular weight is 488 g/mol. The Hall–Kier alpha value is -4.26. The highest BCUT2D eigenvalue weighted by molar-refractivity contribution is 7.81. The predicted molar refractivity (Wildman–Crippen MR) is 134 cm³/mol. The van der Waals surface area contributed by atoms with Gasteiger partial charge in [0.1, 0.15) is 11.4 Å². The minimum Gasteiger partial charge on any atom is -0.494 e. The van der Waals surface area contributed by atoms with Gasteiger partial charge in [-0.3, -0.25) is 9.54 Å². The van der Waals surface area contributed by atoms with Crippen molar-refractivity contribution in [2.24, 2.45) is 0 Å². The fourth-order valence-corrected chi connectivity index (χ4v) is 4.07. The van der Waals surface area contributed by atoms with Gasteiger partial charge < -0.3 is 9.47 Å². The van der Waals surface area contributed by atoms with E-state index < -0.39 is 17.2 Å². The van der Waals surface area contributed by atoms with Crippen LogP contribution >= 0.6 is 0 Å². The molecule has 0 fully saturated rings. The summed E-state index contributed by atoms with van der Waals surface area (Å²) in [7, 11) is 1.28. The number of pyridine rings is 2. The van der Waals surface area contributed by atoms with Crippen molar-refractivity contribution in [1.82, 2.24) is 9.97 Å². The van der Waals surface area contributed by atoms with Gasteiger partial charge in [-0.1, -0.05) is 30.0 Å². The molecule has 0 saturated heterocycles. The van der Waals surface area contributed by atoms with E-state index in [1.165, 1.54) is 23.7 Å². The van der Waals surface area contributed by atoms with E-state index in [2.05, 4.69) is 26.5 Å². The van der Waals surface area contributed by atoms with E-state index in [0.717, 1.165) is 5.39 Å². The summed E-state index contributed by atoms with van der Waals surface area (Å²) < 4.78 is 34.4. The molecule has 1 N–H and O–H groups in total. The van der Waals surface area contributed by atoms with Gasteiger partial charge in [0, 0.05) is 23.3 Å². The number of ether oxygens (including phenoxy) is 2. The molecule has 0 bridgehead atoms. The molecule has 0 aliphatic heterocycles. The van der Waals surface area contributed by atoms with Gasteiger partial charge in [0.05, 0.1) is 36.2 Å². The molecule has 2 aromatic heterocycles. The van der Waals surface area contributed by atoms with E-state index in [4.69, 9.17) is 4.74 Å². The molecule has 0 amide bonds. The Kier molecular flexibility index (Phi) is 7.35. The van der Waals surface area contributed by atoms with Gasteiger partial charge >= 0.3 is 5.97 Å². The van der Waals surface area contributed by atoms with E-state index in [9.17, 15) is 13.6 Å². The highest BCUT2D eigenvalue weighted by Crippen LogP contribution is 2.35. The first-order valence-electron chi connectivity index (χ1n) is 10.6. The van der Waals surface area contributed by atoms with Crippen LogP contribution in [-0.2, 0) is 16.0 Å². The maximum atomic E-state index is 12.6. The molecule has 2 heterocycles. The predicted octanol–water partition coefficient (Wildman–Crippen LogP) is 4.49. The van der Waals surface area contributed by atoms with Gasteiger partial charge in [0.15, 0.2) is 0 Å². The third-order valence-electron chi connectivity index (χ3n) is 4.98. The fraction of sp³-hybridized carbons (Fsp3) is 0.115. The number of aromatic nitrogens is 2. The molecule has 35 heavy (non-hydrogen) atoms. The number of esters is 1. The SMILES string of the molecule is CCOc1ccc(N(c2cccc3cccnc23)S(=O)O)c(C#Cc2ccc(C(=O)OC)nc2)c1. The Morgan fingerprint density at radius 2 is 1.89 bits per heavy atom. The maximum Gasteiger partial charge on any atom is 0.356 e. The number of methoxy groups -OCH3 is 1. The second kappa shape index (κ2) is 10.8. The lowest BCUT2D eigenvalue weighted by atomic mass is 10.1. The van der Waals surface area contributed by atoms with E-state index in [1.807, 2.05) is 19.1 Å². The number of rotatable bonds is 6. The first-order valence-corrected chi connectivity index (χ1v) is 11.7. The molecule has 4 rings (SSSR count). The largest absolute Gasteiger partial charge is 0.494 e. The van der Waals surface area contributed by atoms with Crippen LogP contribution < -0.4 is 9.04 Å². The van der Waals surface area contributed by atoms with Crippen LogP contribution in [0.2, 0.25) is 0 Å². The van der Waals surface area contributed by atoms with Crippen molar-refractivity contribution in [2.45, 2.75) is 6.92 Å². The fourth-order valence-electron chi connectivity index (χ4n) is 3.43. The third-order valence-corrected chi connectivity index (χ3v) is 5.69. The summed E-state index contributed by atoms with van der Waals surface area (Å²) in [4.78, 5) is 20.1. The van der Waals surface area contributed by atoms with Crippen molar-refractivity contribution >= 4 is 39.5 Å². The number of fused-ring (bicyclic) bond motifs is 1. The van der Waals surface area contributed by atoms with Crippen LogP contribution in [0, 0.1) is 11.8 Å². The van der Waals surface area contributed by atoms with Gasteiger partial charge in [-0.05, 0) is 49.4 Å². The molecule has 1 unspecified atom stereocenters. The topological polar surface area (TPSA) is 102 Å². The number of anilines is 2. The smallest absolute Gasteiger partial charge is 0.356 e. The van der Waals surface area contributed by atoms with Crippen molar-refractivity contribution < 1.29 is 23.0 Å². The Labute approximate surface area is 205 Å². The van der Waals surface area contributed by atoms with Crippen molar-refractivity contribution in [2.75, 3.05) is 18.0 Å². The molecule has 2 aromatic carbocycles. The lowest BCUT2D eigenvalue weighted by molar-refractivity contribution is 0.0594. The van der Waals surface area contributed by atoms with Crippen LogP contribution in [0.25, 0.3) is 10.9 Å². The molecule has 4 aromatic rings. The lowest BCUT2D eigenvalue weighted by Crippen LogP contribution is -2.21. The molecule has 176 valence electrons. The minimum absolute atomic E-state index is 0.169. The Balaban J connectivity index is 1.82. The summed E-state index contributed by atoms with van der Waals surface area (Å²) in [6.45, 7) is 2.32. The first kappa shape index (κ1) is 23.9. The maximum absolute atomic E-state index is 12.6. The van der Waals surface area contributed by atoms with Crippen LogP contribution in [-0.4, -0.2) is 38.4 Å².